The molecule has 9 aromatic carbocycles. The lowest BCUT2D eigenvalue weighted by Crippen LogP contribution is -2.06. The van der Waals surface area contributed by atoms with Crippen molar-refractivity contribution in [2.45, 2.75) is 13.8 Å². The summed E-state index contributed by atoms with van der Waals surface area (Å²) >= 11 is 0. The Labute approximate surface area is 412 Å². The SMILES string of the molecule is Cc1cccc(-c2ccc3c4ccc(-c5cccc(C)c5)cc4n(-c4c(-c5cc(-c6ccccc6)nc(-c6ccccc6)n5)cc(C#N)cc4-c4nc(-c5ccccc5)cc(-c5ccccc5)n4)c3c2)c1. The first-order chi connectivity index (χ1) is 34.9. The minimum absolute atomic E-state index is 0.441. The number of hydrogen-bond acceptors (Lipinski definition) is 5. The fourth-order valence-corrected chi connectivity index (χ4v) is 9.71. The van der Waals surface area contributed by atoms with Gasteiger partial charge >= 0.3 is 0 Å². The molecule has 0 bridgehead atoms. The molecule has 71 heavy (non-hydrogen) atoms. The Balaban J connectivity index is 1.26. The topological polar surface area (TPSA) is 80.3 Å². The zero-order valence-electron chi connectivity index (χ0n) is 39.1. The molecule has 0 N–H and O–H groups in total. The lowest BCUT2D eigenvalue weighted by molar-refractivity contribution is 1.13. The smallest absolute Gasteiger partial charge is 0.162 e. The van der Waals surface area contributed by atoms with Crippen molar-refractivity contribution < 1.29 is 0 Å². The molecule has 6 nitrogen and oxygen atoms in total. The van der Waals surface area contributed by atoms with Crippen molar-refractivity contribution in [1.29, 1.82) is 5.26 Å². The molecule has 0 saturated heterocycles. The normalized spacial score (nSPS) is 11.2. The molecular weight excluding hydrogens is 865 g/mol. The van der Waals surface area contributed by atoms with Crippen LogP contribution in [0.1, 0.15) is 16.7 Å². The van der Waals surface area contributed by atoms with Crippen LogP contribution in [0, 0.1) is 25.2 Å². The van der Waals surface area contributed by atoms with Crippen LogP contribution in [0.5, 0.6) is 0 Å². The van der Waals surface area contributed by atoms with E-state index in [1.165, 1.54) is 11.1 Å². The monoisotopic (exact) mass is 908 g/mol. The summed E-state index contributed by atoms with van der Waals surface area (Å²) in [5, 5.41) is 13.3. The van der Waals surface area contributed by atoms with Gasteiger partial charge in [0.2, 0.25) is 0 Å². The highest BCUT2D eigenvalue weighted by atomic mass is 15.0. The van der Waals surface area contributed by atoms with Gasteiger partial charge in [-0.1, -0.05) is 205 Å². The minimum Gasteiger partial charge on any atom is -0.308 e. The number of fused-ring (bicyclic) bond motifs is 3. The van der Waals surface area contributed by atoms with Gasteiger partial charge < -0.3 is 4.57 Å². The second-order valence-corrected chi connectivity index (χ2v) is 18.0. The van der Waals surface area contributed by atoms with Gasteiger partial charge in [-0.25, -0.2) is 19.9 Å². The third-order valence-corrected chi connectivity index (χ3v) is 13.1. The summed E-state index contributed by atoms with van der Waals surface area (Å²) < 4.78 is 2.36. The molecule has 0 spiro atoms. The number of nitrogens with zero attached hydrogens (tertiary/aromatic N) is 6. The van der Waals surface area contributed by atoms with Crippen LogP contribution in [-0.4, -0.2) is 24.5 Å². The molecule has 0 fully saturated rings. The van der Waals surface area contributed by atoms with E-state index in [9.17, 15) is 5.26 Å². The zero-order valence-corrected chi connectivity index (χ0v) is 39.1. The molecule has 0 aliphatic rings. The lowest BCUT2D eigenvalue weighted by atomic mass is 9.97. The van der Waals surface area contributed by atoms with Gasteiger partial charge in [-0.3, -0.25) is 0 Å². The first kappa shape index (κ1) is 42.8. The van der Waals surface area contributed by atoms with Crippen molar-refractivity contribution in [3.05, 3.63) is 247 Å². The number of aromatic nitrogens is 5. The largest absolute Gasteiger partial charge is 0.308 e. The Morgan fingerprint density at radius 3 is 1.20 bits per heavy atom. The third kappa shape index (κ3) is 8.22. The van der Waals surface area contributed by atoms with E-state index in [4.69, 9.17) is 19.9 Å². The summed E-state index contributed by atoms with van der Waals surface area (Å²) in [6.07, 6.45) is 0. The maximum absolute atomic E-state index is 11.1. The number of nitriles is 1. The average molecular weight is 909 g/mol. The molecule has 0 amide bonds. The van der Waals surface area contributed by atoms with E-state index in [1.54, 1.807) is 0 Å². The van der Waals surface area contributed by atoms with E-state index in [1.807, 2.05) is 109 Å². The van der Waals surface area contributed by atoms with Crippen LogP contribution in [0.25, 0.3) is 118 Å². The number of aryl methyl sites for hydroxylation is 2. The fraction of sp³-hybridized carbons (Fsp3) is 0.0308. The van der Waals surface area contributed by atoms with E-state index < -0.39 is 0 Å². The predicted molar refractivity (Wildman–Crippen MR) is 290 cm³/mol. The van der Waals surface area contributed by atoms with Crippen LogP contribution in [0.15, 0.2) is 231 Å². The molecule has 12 aromatic rings. The van der Waals surface area contributed by atoms with Gasteiger partial charge in [-0.05, 0) is 72.5 Å². The second-order valence-electron chi connectivity index (χ2n) is 18.0. The van der Waals surface area contributed by atoms with E-state index in [-0.39, 0.29) is 0 Å². The quantitative estimate of drug-likeness (QED) is 0.144. The van der Waals surface area contributed by atoms with Crippen LogP contribution < -0.4 is 0 Å². The molecule has 6 heteroatoms. The maximum Gasteiger partial charge on any atom is 0.162 e. The predicted octanol–water partition coefficient (Wildman–Crippen LogP) is 16.2. The highest BCUT2D eigenvalue weighted by Gasteiger charge is 2.26. The lowest BCUT2D eigenvalue weighted by Gasteiger charge is -2.20. The first-order valence-corrected chi connectivity index (χ1v) is 23.8. The third-order valence-electron chi connectivity index (χ3n) is 13.1. The molecule has 3 aromatic heterocycles. The molecule has 0 aliphatic carbocycles. The van der Waals surface area contributed by atoms with Gasteiger partial charge in [0.25, 0.3) is 0 Å². The highest BCUT2D eigenvalue weighted by Crippen LogP contribution is 2.44. The van der Waals surface area contributed by atoms with E-state index in [0.717, 1.165) is 94.6 Å². The standard InChI is InChI=1S/C65H44N6/c1-42-17-15-27-49(33-42)51-29-31-53-54-32-30-52(50-28-16-18-43(2)34-50)38-62(54)71(61(53)37-51)63-55(60-40-59(47-23-11-5-12-24-47)67-64(70-60)48-25-13-6-14-26-48)35-44(41-66)36-56(63)65-68-57(45-19-7-3-8-20-45)39-58(69-65)46-21-9-4-10-22-46/h3-40H,1-2H3. The van der Waals surface area contributed by atoms with Crippen molar-refractivity contribution in [2.75, 3.05) is 0 Å². The van der Waals surface area contributed by atoms with Crippen LogP contribution in [0.4, 0.5) is 0 Å². The molecule has 0 radical (unpaired) electrons. The van der Waals surface area contributed by atoms with Crippen LogP contribution in [0.2, 0.25) is 0 Å². The summed E-state index contributed by atoms with van der Waals surface area (Å²) in [7, 11) is 0. The van der Waals surface area contributed by atoms with Crippen molar-refractivity contribution in [1.82, 2.24) is 24.5 Å². The fourth-order valence-electron chi connectivity index (χ4n) is 9.71. The van der Waals surface area contributed by atoms with Gasteiger partial charge in [-0.15, -0.1) is 0 Å². The minimum atomic E-state index is 0.441. The van der Waals surface area contributed by atoms with Crippen molar-refractivity contribution >= 4 is 21.8 Å². The summed E-state index contributed by atoms with van der Waals surface area (Å²) in [5.74, 6) is 1.04. The molecule has 0 unspecified atom stereocenters. The Morgan fingerprint density at radius 1 is 0.338 bits per heavy atom. The van der Waals surface area contributed by atoms with Crippen LogP contribution in [-0.2, 0) is 0 Å². The Hall–Kier alpha value is -9.57. The van der Waals surface area contributed by atoms with E-state index in [0.29, 0.717) is 28.5 Å². The molecule has 0 saturated carbocycles. The Morgan fingerprint density at radius 2 is 0.732 bits per heavy atom. The number of benzene rings is 9. The highest BCUT2D eigenvalue weighted by molar-refractivity contribution is 6.12. The van der Waals surface area contributed by atoms with Crippen molar-refractivity contribution in [3.8, 4) is 102 Å². The maximum atomic E-state index is 11.1. The van der Waals surface area contributed by atoms with E-state index in [2.05, 4.69) is 146 Å². The van der Waals surface area contributed by atoms with Gasteiger partial charge in [0.05, 0.1) is 51.1 Å². The summed E-state index contributed by atoms with van der Waals surface area (Å²) in [6, 6.07) is 82.0. The molecule has 0 aliphatic heterocycles. The molecule has 334 valence electrons. The van der Waals surface area contributed by atoms with Crippen molar-refractivity contribution in [2.24, 2.45) is 0 Å². The van der Waals surface area contributed by atoms with Crippen molar-refractivity contribution in [3.63, 3.8) is 0 Å². The number of hydrogen-bond donors (Lipinski definition) is 0. The zero-order chi connectivity index (χ0) is 47.8. The van der Waals surface area contributed by atoms with E-state index >= 15 is 0 Å². The first-order valence-electron chi connectivity index (χ1n) is 23.8. The van der Waals surface area contributed by atoms with Crippen LogP contribution in [0.3, 0.4) is 0 Å². The van der Waals surface area contributed by atoms with Crippen LogP contribution >= 0.6 is 0 Å². The molecule has 0 atom stereocenters. The Bertz CT molecular complexity index is 3640. The van der Waals surface area contributed by atoms with Gasteiger partial charge in [0, 0.05) is 44.2 Å². The second kappa shape index (κ2) is 18.2. The summed E-state index contributed by atoms with van der Waals surface area (Å²) in [6.45, 7) is 4.26. The van der Waals surface area contributed by atoms with Gasteiger partial charge in [0.1, 0.15) is 0 Å². The summed E-state index contributed by atoms with van der Waals surface area (Å²) in [4.78, 5) is 21.6. The van der Waals surface area contributed by atoms with Gasteiger partial charge in [-0.2, -0.15) is 5.26 Å². The molecule has 12 rings (SSSR count). The Kier molecular flexibility index (Phi) is 10.9. The number of rotatable bonds is 9. The molecule has 3 heterocycles. The molecular formula is C65H44N6. The average Bonchev–Trinajstić information content (AvgIpc) is 3.76. The van der Waals surface area contributed by atoms with Gasteiger partial charge in [0.15, 0.2) is 11.6 Å². The summed E-state index contributed by atoms with van der Waals surface area (Å²) in [5.41, 5.74) is 18.0.